The standard InChI is InChI=1S/C15H25FOSi/c1-7-12-8-9-14(16)10-13(12)11-17-18(5,6)15(2,3)4/h8-10H,7,11H2,1-6H3. The molecule has 0 saturated carbocycles. The van der Waals surface area contributed by atoms with Crippen LogP contribution in [0.3, 0.4) is 0 Å². The lowest BCUT2D eigenvalue weighted by atomic mass is 10.1. The van der Waals surface area contributed by atoms with Crippen LogP contribution in [0.5, 0.6) is 0 Å². The van der Waals surface area contributed by atoms with Crippen molar-refractivity contribution in [3.05, 3.63) is 35.1 Å². The van der Waals surface area contributed by atoms with E-state index in [-0.39, 0.29) is 10.9 Å². The van der Waals surface area contributed by atoms with Crippen LogP contribution < -0.4 is 0 Å². The molecule has 102 valence electrons. The molecule has 0 N–H and O–H groups in total. The number of benzene rings is 1. The molecule has 0 bridgehead atoms. The molecule has 3 heteroatoms. The van der Waals surface area contributed by atoms with Crippen LogP contribution in [-0.2, 0) is 17.5 Å². The minimum Gasteiger partial charge on any atom is -0.413 e. The van der Waals surface area contributed by atoms with E-state index in [4.69, 9.17) is 4.43 Å². The molecular weight excluding hydrogens is 243 g/mol. The molecule has 0 fully saturated rings. The third-order valence-electron chi connectivity index (χ3n) is 3.94. The number of rotatable bonds is 4. The zero-order valence-electron chi connectivity index (χ0n) is 12.4. The summed E-state index contributed by atoms with van der Waals surface area (Å²) in [6.07, 6.45) is 0.913. The van der Waals surface area contributed by atoms with Gasteiger partial charge in [-0.25, -0.2) is 4.39 Å². The first-order valence-electron chi connectivity index (χ1n) is 6.58. The lowest BCUT2D eigenvalue weighted by Gasteiger charge is -2.36. The fraction of sp³-hybridized carbons (Fsp3) is 0.600. The van der Waals surface area contributed by atoms with Crippen LogP contribution in [0.25, 0.3) is 0 Å². The highest BCUT2D eigenvalue weighted by molar-refractivity contribution is 6.74. The van der Waals surface area contributed by atoms with Gasteiger partial charge in [-0.15, -0.1) is 0 Å². The topological polar surface area (TPSA) is 9.23 Å². The highest BCUT2D eigenvalue weighted by Crippen LogP contribution is 2.37. The van der Waals surface area contributed by atoms with Crippen molar-refractivity contribution in [2.45, 2.75) is 58.9 Å². The van der Waals surface area contributed by atoms with Gasteiger partial charge in [0.2, 0.25) is 0 Å². The normalized spacial score (nSPS) is 12.8. The third-order valence-corrected chi connectivity index (χ3v) is 8.42. The Morgan fingerprint density at radius 3 is 2.28 bits per heavy atom. The van der Waals surface area contributed by atoms with E-state index in [1.54, 1.807) is 6.07 Å². The van der Waals surface area contributed by atoms with Gasteiger partial charge in [-0.1, -0.05) is 33.8 Å². The number of hydrogen-bond donors (Lipinski definition) is 0. The molecule has 0 radical (unpaired) electrons. The van der Waals surface area contributed by atoms with Crippen molar-refractivity contribution in [1.82, 2.24) is 0 Å². The molecule has 0 spiro atoms. The summed E-state index contributed by atoms with van der Waals surface area (Å²) in [6, 6.07) is 4.99. The van der Waals surface area contributed by atoms with Gasteiger partial charge in [0.25, 0.3) is 0 Å². The first-order valence-corrected chi connectivity index (χ1v) is 9.49. The van der Waals surface area contributed by atoms with Gasteiger partial charge in [0, 0.05) is 0 Å². The maximum absolute atomic E-state index is 13.3. The second-order valence-corrected chi connectivity index (χ2v) is 11.1. The summed E-state index contributed by atoms with van der Waals surface area (Å²) in [6.45, 7) is 13.7. The molecule has 1 nitrogen and oxygen atoms in total. The first-order chi connectivity index (χ1) is 8.17. The molecule has 0 unspecified atom stereocenters. The molecule has 0 amide bonds. The van der Waals surface area contributed by atoms with Gasteiger partial charge >= 0.3 is 0 Å². The smallest absolute Gasteiger partial charge is 0.192 e. The summed E-state index contributed by atoms with van der Waals surface area (Å²) in [5.74, 6) is -0.180. The zero-order valence-corrected chi connectivity index (χ0v) is 13.4. The van der Waals surface area contributed by atoms with Crippen LogP contribution in [-0.4, -0.2) is 8.32 Å². The van der Waals surface area contributed by atoms with Crippen molar-refractivity contribution in [3.63, 3.8) is 0 Å². The van der Waals surface area contributed by atoms with Crippen molar-refractivity contribution in [2.75, 3.05) is 0 Å². The quantitative estimate of drug-likeness (QED) is 0.705. The predicted molar refractivity (Wildman–Crippen MR) is 77.8 cm³/mol. The SMILES string of the molecule is CCc1ccc(F)cc1CO[Si](C)(C)C(C)(C)C. The Balaban J connectivity index is 2.83. The molecule has 0 aliphatic heterocycles. The van der Waals surface area contributed by atoms with E-state index in [0.717, 1.165) is 12.0 Å². The maximum Gasteiger partial charge on any atom is 0.192 e. The summed E-state index contributed by atoms with van der Waals surface area (Å²) in [7, 11) is -1.76. The molecular formula is C15H25FOSi. The largest absolute Gasteiger partial charge is 0.413 e. The molecule has 0 aliphatic rings. The van der Waals surface area contributed by atoms with E-state index in [1.165, 1.54) is 11.6 Å². The molecule has 0 atom stereocenters. The fourth-order valence-corrected chi connectivity index (χ4v) is 2.50. The van der Waals surface area contributed by atoms with Crippen LogP contribution >= 0.6 is 0 Å². The molecule has 0 heterocycles. The predicted octanol–water partition coefficient (Wildman–Crippen LogP) is 4.91. The van der Waals surface area contributed by atoms with E-state index in [9.17, 15) is 4.39 Å². The van der Waals surface area contributed by atoms with Gasteiger partial charge < -0.3 is 4.43 Å². The van der Waals surface area contributed by atoms with Crippen molar-refractivity contribution in [2.24, 2.45) is 0 Å². The Hall–Kier alpha value is -0.673. The van der Waals surface area contributed by atoms with Gasteiger partial charge in [0.15, 0.2) is 8.32 Å². The Kier molecular flexibility index (Phi) is 4.73. The van der Waals surface area contributed by atoms with Crippen molar-refractivity contribution < 1.29 is 8.82 Å². The molecule has 18 heavy (non-hydrogen) atoms. The summed E-state index contributed by atoms with van der Waals surface area (Å²) in [5, 5.41) is 0.187. The van der Waals surface area contributed by atoms with Crippen LogP contribution in [0, 0.1) is 5.82 Å². The van der Waals surface area contributed by atoms with Gasteiger partial charge in [0.05, 0.1) is 6.61 Å². The van der Waals surface area contributed by atoms with E-state index in [1.807, 2.05) is 6.07 Å². The van der Waals surface area contributed by atoms with Crippen LogP contribution in [0.1, 0.15) is 38.8 Å². The number of halogens is 1. The number of aryl methyl sites for hydroxylation is 1. The van der Waals surface area contributed by atoms with Crippen molar-refractivity contribution in [3.8, 4) is 0 Å². The molecule has 1 aromatic carbocycles. The first kappa shape index (κ1) is 15.4. The van der Waals surface area contributed by atoms with Crippen LogP contribution in [0.4, 0.5) is 4.39 Å². The Bertz CT molecular complexity index is 407. The van der Waals surface area contributed by atoms with E-state index in [0.29, 0.717) is 6.61 Å². The summed E-state index contributed by atoms with van der Waals surface area (Å²) < 4.78 is 19.4. The average Bonchev–Trinajstić information content (AvgIpc) is 2.25. The fourth-order valence-electron chi connectivity index (χ4n) is 1.55. The third kappa shape index (κ3) is 3.66. The second kappa shape index (κ2) is 5.53. The molecule has 1 rings (SSSR count). The van der Waals surface area contributed by atoms with Crippen LogP contribution in [0.15, 0.2) is 18.2 Å². The van der Waals surface area contributed by atoms with Gasteiger partial charge in [0.1, 0.15) is 5.82 Å². The van der Waals surface area contributed by atoms with Crippen molar-refractivity contribution in [1.29, 1.82) is 0 Å². The van der Waals surface area contributed by atoms with Gasteiger partial charge in [-0.05, 0) is 47.8 Å². The maximum atomic E-state index is 13.3. The summed E-state index contributed by atoms with van der Waals surface area (Å²) >= 11 is 0. The van der Waals surface area contributed by atoms with Crippen LogP contribution in [0.2, 0.25) is 18.1 Å². The molecule has 0 saturated heterocycles. The summed E-state index contributed by atoms with van der Waals surface area (Å²) in [5.41, 5.74) is 2.16. The molecule has 0 aromatic heterocycles. The average molecular weight is 268 g/mol. The van der Waals surface area contributed by atoms with E-state index in [2.05, 4.69) is 40.8 Å². The van der Waals surface area contributed by atoms with Gasteiger partial charge in [-0.2, -0.15) is 0 Å². The minimum atomic E-state index is -1.76. The highest BCUT2D eigenvalue weighted by Gasteiger charge is 2.37. The Morgan fingerprint density at radius 2 is 1.78 bits per heavy atom. The second-order valence-electron chi connectivity index (χ2n) is 6.32. The summed E-state index contributed by atoms with van der Waals surface area (Å²) in [4.78, 5) is 0. The monoisotopic (exact) mass is 268 g/mol. The lowest BCUT2D eigenvalue weighted by molar-refractivity contribution is 0.275. The highest BCUT2D eigenvalue weighted by atomic mass is 28.4. The van der Waals surface area contributed by atoms with Crippen molar-refractivity contribution >= 4 is 8.32 Å². The van der Waals surface area contributed by atoms with E-state index >= 15 is 0 Å². The zero-order chi connectivity index (χ0) is 14.0. The van der Waals surface area contributed by atoms with Gasteiger partial charge in [-0.3, -0.25) is 0 Å². The molecule has 1 aromatic rings. The minimum absolute atomic E-state index is 0.180. The molecule has 0 aliphatic carbocycles. The lowest BCUT2D eigenvalue weighted by Crippen LogP contribution is -2.40. The Labute approximate surface area is 111 Å². The van der Waals surface area contributed by atoms with E-state index < -0.39 is 8.32 Å². The Morgan fingerprint density at radius 1 is 1.17 bits per heavy atom. The number of hydrogen-bond acceptors (Lipinski definition) is 1.